The van der Waals surface area contributed by atoms with Crippen molar-refractivity contribution in [3.63, 3.8) is 0 Å². The molecule has 0 bridgehead atoms. The second-order valence-electron chi connectivity index (χ2n) is 9.83. The number of Topliss-reactive ketones (excluding diaryl/α,β-unsaturated/α-hetero) is 1. The van der Waals surface area contributed by atoms with Crippen LogP contribution < -0.4 is 0 Å². The predicted octanol–water partition coefficient (Wildman–Crippen LogP) is 6.10. The Morgan fingerprint density at radius 2 is 1.23 bits per heavy atom. The van der Waals surface area contributed by atoms with Crippen LogP contribution in [0.15, 0.2) is 12.2 Å². The van der Waals surface area contributed by atoms with E-state index in [4.69, 9.17) is 0 Å². The van der Waals surface area contributed by atoms with Crippen molar-refractivity contribution in [2.75, 3.05) is 39.2 Å². The molecule has 0 aromatic rings. The maximum absolute atomic E-state index is 12.1. The zero-order valence-electron chi connectivity index (χ0n) is 20.5. The van der Waals surface area contributed by atoms with Crippen LogP contribution >= 0.6 is 0 Å². The van der Waals surface area contributed by atoms with E-state index in [1.807, 2.05) is 21.1 Å². The fourth-order valence-corrected chi connectivity index (χ4v) is 4.89. The molecule has 0 aliphatic carbocycles. The zero-order valence-corrected chi connectivity index (χ0v) is 21.3. The third-order valence-electron chi connectivity index (χ3n) is 5.38. The van der Waals surface area contributed by atoms with Crippen LogP contribution in [0, 0.1) is 0 Å². The first-order valence-corrected chi connectivity index (χ1v) is 14.2. The molecule has 0 rings (SSSR count). The third kappa shape index (κ3) is 22.0. The molecule has 4 nitrogen and oxygen atoms in total. The lowest BCUT2D eigenvalue weighted by molar-refractivity contribution is -0.870. The van der Waals surface area contributed by atoms with Crippen LogP contribution in [-0.4, -0.2) is 57.9 Å². The Balaban J connectivity index is 3.55. The van der Waals surface area contributed by atoms with Gasteiger partial charge in [-0.1, -0.05) is 70.4 Å². The van der Waals surface area contributed by atoms with Gasteiger partial charge in [-0.15, -0.1) is 0 Å². The topological polar surface area (TPSA) is 51.2 Å². The highest BCUT2D eigenvalue weighted by Crippen LogP contribution is 2.10. The molecule has 0 amide bonds. The molecule has 0 radical (unpaired) electrons. The largest absolute Gasteiger partial charge is 0.331 e. The Kier molecular flexibility index (Phi) is 17.5. The number of carbonyl (C=O) groups is 1. The molecule has 0 heterocycles. The summed E-state index contributed by atoms with van der Waals surface area (Å²) in [6.45, 7) is 3.06. The van der Waals surface area contributed by atoms with Crippen molar-refractivity contribution >= 4 is 15.6 Å². The maximum Gasteiger partial charge on any atom is 0.157 e. The molecule has 0 N–H and O–H groups in total. The third-order valence-corrected chi connectivity index (χ3v) is 7.06. The van der Waals surface area contributed by atoms with E-state index in [-0.39, 0.29) is 17.3 Å². The predicted molar refractivity (Wildman–Crippen MR) is 131 cm³/mol. The quantitative estimate of drug-likeness (QED) is 0.122. The van der Waals surface area contributed by atoms with Gasteiger partial charge in [0.15, 0.2) is 9.84 Å². The SMILES string of the molecule is CCCCCCCC/C=C\CCCCCCCC(=O)CS(=O)(=O)CCC[N+](C)(C)C. The Labute approximate surface area is 188 Å². The van der Waals surface area contributed by atoms with Crippen molar-refractivity contribution in [3.8, 4) is 0 Å². The second-order valence-corrected chi connectivity index (χ2v) is 12.0. The fraction of sp³-hybridized carbons (Fsp3) is 0.880. The normalized spacial score (nSPS) is 12.7. The summed E-state index contributed by atoms with van der Waals surface area (Å²) >= 11 is 0. The minimum atomic E-state index is -3.24. The van der Waals surface area contributed by atoms with E-state index >= 15 is 0 Å². The first-order valence-electron chi connectivity index (χ1n) is 12.3. The Bertz CT molecular complexity index is 547. The number of ketones is 1. The summed E-state index contributed by atoms with van der Waals surface area (Å²) in [4.78, 5) is 12.0. The molecule has 0 saturated heterocycles. The van der Waals surface area contributed by atoms with Crippen LogP contribution in [0.5, 0.6) is 0 Å². The van der Waals surface area contributed by atoms with Crippen molar-refractivity contribution in [2.45, 2.75) is 103 Å². The van der Waals surface area contributed by atoms with Gasteiger partial charge in [-0.3, -0.25) is 4.79 Å². The molecule has 0 saturated carbocycles. The highest BCUT2D eigenvalue weighted by atomic mass is 32.2. The molecule has 0 aromatic carbocycles. The summed E-state index contributed by atoms with van der Waals surface area (Å²) in [7, 11) is 2.90. The molecule has 178 valence electrons. The number of unbranched alkanes of at least 4 members (excludes halogenated alkanes) is 11. The summed E-state index contributed by atoms with van der Waals surface area (Å²) in [6, 6.07) is 0. The summed E-state index contributed by atoms with van der Waals surface area (Å²) < 4.78 is 24.9. The van der Waals surface area contributed by atoms with Gasteiger partial charge in [0.05, 0.1) is 33.4 Å². The summed E-state index contributed by atoms with van der Waals surface area (Å²) in [6.07, 6.45) is 21.6. The lowest BCUT2D eigenvalue weighted by Gasteiger charge is -2.23. The Hall–Kier alpha value is -0.680. The summed E-state index contributed by atoms with van der Waals surface area (Å²) in [5.74, 6) is -0.258. The number of quaternary nitrogens is 1. The van der Waals surface area contributed by atoms with E-state index < -0.39 is 9.84 Å². The molecular weight excluding hydrogens is 394 g/mol. The van der Waals surface area contributed by atoms with Gasteiger partial charge in [-0.25, -0.2) is 8.42 Å². The lowest BCUT2D eigenvalue weighted by Crippen LogP contribution is -2.36. The minimum absolute atomic E-state index is 0.113. The molecule has 0 atom stereocenters. The molecular formula is C25H50NO3S+. The number of hydrogen-bond donors (Lipinski definition) is 0. The average molecular weight is 445 g/mol. The Morgan fingerprint density at radius 1 is 0.733 bits per heavy atom. The van der Waals surface area contributed by atoms with Crippen molar-refractivity contribution < 1.29 is 17.7 Å². The van der Waals surface area contributed by atoms with Crippen LogP contribution in [0.25, 0.3) is 0 Å². The number of sulfone groups is 1. The highest BCUT2D eigenvalue weighted by molar-refractivity contribution is 7.92. The van der Waals surface area contributed by atoms with Crippen molar-refractivity contribution in [2.24, 2.45) is 0 Å². The average Bonchev–Trinajstić information content (AvgIpc) is 2.63. The standard InChI is InChI=1S/C25H50NO3S/c1-5-6-7-8-9-10-11-12-13-14-15-16-17-18-19-21-25(27)24-30(28,29)23-20-22-26(2,3)4/h12-13H,5-11,14-24H2,1-4H3/q+1/b13-12-. The molecule has 0 aromatic heterocycles. The van der Waals surface area contributed by atoms with Crippen LogP contribution in [-0.2, 0) is 14.6 Å². The highest BCUT2D eigenvalue weighted by Gasteiger charge is 2.18. The smallest absolute Gasteiger partial charge is 0.157 e. The summed E-state index contributed by atoms with van der Waals surface area (Å²) in [5, 5.41) is 0. The first kappa shape index (κ1) is 29.3. The first-order chi connectivity index (χ1) is 14.2. The molecule has 0 spiro atoms. The van der Waals surface area contributed by atoms with Gasteiger partial charge < -0.3 is 4.48 Å². The lowest BCUT2D eigenvalue weighted by atomic mass is 10.1. The number of nitrogens with zero attached hydrogens (tertiary/aromatic N) is 1. The monoisotopic (exact) mass is 444 g/mol. The zero-order chi connectivity index (χ0) is 22.7. The van der Waals surface area contributed by atoms with Gasteiger partial charge >= 0.3 is 0 Å². The molecule has 30 heavy (non-hydrogen) atoms. The number of carbonyl (C=O) groups excluding carboxylic acids is 1. The summed E-state index contributed by atoms with van der Waals surface area (Å²) in [5.41, 5.74) is 0. The minimum Gasteiger partial charge on any atom is -0.331 e. The van der Waals surface area contributed by atoms with Crippen molar-refractivity contribution in [1.82, 2.24) is 0 Å². The molecule has 0 aliphatic rings. The van der Waals surface area contributed by atoms with E-state index in [0.717, 1.165) is 36.7 Å². The maximum atomic E-state index is 12.1. The number of hydrogen-bond acceptors (Lipinski definition) is 3. The van der Waals surface area contributed by atoms with Gasteiger partial charge in [0.1, 0.15) is 11.5 Å². The molecule has 0 fully saturated rings. The molecule has 0 aliphatic heterocycles. The van der Waals surface area contributed by atoms with Gasteiger partial charge in [0.25, 0.3) is 0 Å². The van der Waals surface area contributed by atoms with Crippen LogP contribution in [0.4, 0.5) is 0 Å². The van der Waals surface area contributed by atoms with Crippen LogP contribution in [0.1, 0.15) is 103 Å². The van der Waals surface area contributed by atoms with E-state index in [1.54, 1.807) is 0 Å². The van der Waals surface area contributed by atoms with Crippen molar-refractivity contribution in [1.29, 1.82) is 0 Å². The number of rotatable bonds is 21. The van der Waals surface area contributed by atoms with E-state index in [9.17, 15) is 13.2 Å². The number of allylic oxidation sites excluding steroid dienone is 2. The molecule has 5 heteroatoms. The van der Waals surface area contributed by atoms with E-state index in [2.05, 4.69) is 19.1 Å². The van der Waals surface area contributed by atoms with Gasteiger partial charge in [0, 0.05) is 12.8 Å². The van der Waals surface area contributed by atoms with E-state index in [0.29, 0.717) is 12.8 Å². The Morgan fingerprint density at radius 3 is 1.77 bits per heavy atom. The second kappa shape index (κ2) is 17.9. The van der Waals surface area contributed by atoms with Gasteiger partial charge in [-0.05, 0) is 32.1 Å². The van der Waals surface area contributed by atoms with Crippen molar-refractivity contribution in [3.05, 3.63) is 12.2 Å². The van der Waals surface area contributed by atoms with Crippen LogP contribution in [0.3, 0.4) is 0 Å². The van der Waals surface area contributed by atoms with Gasteiger partial charge in [0.2, 0.25) is 0 Å². The fourth-order valence-electron chi connectivity index (χ4n) is 3.54. The van der Waals surface area contributed by atoms with E-state index in [1.165, 1.54) is 57.8 Å². The molecule has 0 unspecified atom stereocenters. The van der Waals surface area contributed by atoms with Gasteiger partial charge in [-0.2, -0.15) is 0 Å². The van der Waals surface area contributed by atoms with Crippen LogP contribution in [0.2, 0.25) is 0 Å².